The second-order valence-corrected chi connectivity index (χ2v) is 24.3. The Balaban J connectivity index is 6.58. The summed E-state index contributed by atoms with van der Waals surface area (Å²) in [5.41, 5.74) is 0. The lowest BCUT2D eigenvalue weighted by Gasteiger charge is -2.31. The SMILES string of the molecule is CC(O)C(C)C(=O)NC(C(=O)NC(C(=O)NC(C(=O)NC(C(=O)NC(C(=O)NC(C(=O)NC(C(=O)NC(C(=O)NC(C(=O)NC(C(=O)NC(C(=O)NC(C(=O)NC(C(=O)O)C(C)O)C(C)O)C(C)O)C(C)O)C(C)O)C(C)O)C(C)O)C(C)O)C(C)O)C(C)O)C(C)O)C(C)O)C(C)O. The molecule has 13 amide bonds. The fourth-order valence-electron chi connectivity index (χ4n) is 8.67. The topological polar surface area (TPSA) is 699 Å². The van der Waals surface area contributed by atoms with Crippen molar-refractivity contribution < 1.29 is 144 Å². The van der Waals surface area contributed by atoms with Crippen LogP contribution in [-0.4, -0.2) is 323 Å². The number of aliphatic hydroxyl groups is 14. The van der Waals surface area contributed by atoms with E-state index in [1.807, 2.05) is 53.2 Å². The van der Waals surface area contributed by atoms with Crippen LogP contribution in [0.5, 0.6) is 0 Å². The standard InChI is InChI=1S/C57H101N13O29/c1-16(17(2)71)44(85)58-31(18(3)72)45(86)59-32(19(4)73)46(87)60-33(20(5)74)47(88)61-34(21(6)75)48(89)62-35(22(7)76)49(90)63-36(23(8)77)50(91)64-37(24(9)78)51(92)65-38(25(10)79)52(93)66-39(26(11)80)53(94)67-40(27(12)81)54(95)68-41(28(13)82)55(96)69-42(29(14)83)56(97)70-43(30(15)84)57(98)99/h16-43,71-84H,1-15H3,(H,58,85)(H,59,86)(H,60,87)(H,61,88)(H,62,89)(H,63,90)(H,64,91)(H,65,92)(H,66,93)(H,67,94)(H,68,95)(H,69,96)(H,70,97)(H,98,99). The number of aliphatic hydroxyl groups excluding tert-OH is 14. The first-order chi connectivity index (χ1) is 45.4. The molecule has 42 nitrogen and oxygen atoms in total. The number of nitrogens with one attached hydrogen (secondary N) is 13. The first kappa shape index (κ1) is 91.0. The summed E-state index contributed by atoms with van der Waals surface area (Å²) in [6.07, 6.45) is -25.3. The van der Waals surface area contributed by atoms with Crippen LogP contribution >= 0.6 is 0 Å². The van der Waals surface area contributed by atoms with E-state index in [0.717, 1.165) is 90.0 Å². The third kappa shape index (κ3) is 28.7. The molecule has 28 atom stereocenters. The monoisotopic (exact) mass is 1430 g/mol. The third-order valence-electron chi connectivity index (χ3n) is 14.9. The predicted octanol–water partition coefficient (Wildman–Crippen LogP) is -14.7. The van der Waals surface area contributed by atoms with E-state index in [1.54, 1.807) is 0 Å². The molecule has 0 fully saturated rings. The number of rotatable bonds is 41. The van der Waals surface area contributed by atoms with Crippen molar-refractivity contribution in [3.63, 3.8) is 0 Å². The summed E-state index contributed by atoms with van der Waals surface area (Å²) in [5, 5.41) is 182. The zero-order valence-corrected chi connectivity index (χ0v) is 57.1. The van der Waals surface area contributed by atoms with Crippen molar-refractivity contribution in [2.75, 3.05) is 0 Å². The van der Waals surface area contributed by atoms with Crippen LogP contribution in [0.2, 0.25) is 0 Å². The highest BCUT2D eigenvalue weighted by Crippen LogP contribution is 2.11. The number of amides is 13. The van der Waals surface area contributed by atoms with Crippen LogP contribution in [0.4, 0.5) is 0 Å². The number of carbonyl (C=O) groups excluding carboxylic acids is 13. The predicted molar refractivity (Wildman–Crippen MR) is 335 cm³/mol. The van der Waals surface area contributed by atoms with Crippen molar-refractivity contribution in [3.8, 4) is 0 Å². The summed E-state index contributed by atoms with van der Waals surface area (Å²) in [5.74, 6) is -20.8. The minimum absolute atomic E-state index is 0.884. The van der Waals surface area contributed by atoms with E-state index < -0.39 is 253 Å². The Labute approximate surface area is 567 Å². The molecule has 568 valence electrons. The average molecular weight is 1430 g/mol. The molecule has 0 aromatic rings. The number of carbonyl (C=O) groups is 14. The summed E-state index contributed by atoms with van der Waals surface area (Å²) in [4.78, 5) is 187. The highest BCUT2D eigenvalue weighted by Gasteiger charge is 2.43. The molecule has 0 spiro atoms. The molecule has 0 aliphatic carbocycles. The van der Waals surface area contributed by atoms with Crippen molar-refractivity contribution in [3.05, 3.63) is 0 Å². The van der Waals surface area contributed by atoms with Gasteiger partial charge in [0.15, 0.2) is 6.04 Å². The van der Waals surface area contributed by atoms with E-state index in [4.69, 9.17) is 0 Å². The molecule has 99 heavy (non-hydrogen) atoms. The van der Waals surface area contributed by atoms with Gasteiger partial charge in [-0.15, -0.1) is 0 Å². The van der Waals surface area contributed by atoms with Crippen LogP contribution in [0.1, 0.15) is 104 Å². The van der Waals surface area contributed by atoms with Crippen LogP contribution in [0.15, 0.2) is 0 Å². The van der Waals surface area contributed by atoms with Crippen LogP contribution < -0.4 is 69.1 Å². The van der Waals surface area contributed by atoms with Crippen molar-refractivity contribution in [1.82, 2.24) is 69.1 Å². The highest BCUT2D eigenvalue weighted by molar-refractivity contribution is 6.01. The van der Waals surface area contributed by atoms with Crippen molar-refractivity contribution >= 4 is 82.8 Å². The third-order valence-corrected chi connectivity index (χ3v) is 14.9. The fourth-order valence-corrected chi connectivity index (χ4v) is 8.67. The zero-order valence-electron chi connectivity index (χ0n) is 57.1. The second kappa shape index (κ2) is 41.6. The van der Waals surface area contributed by atoms with Gasteiger partial charge in [-0.05, 0) is 96.9 Å². The number of aliphatic carboxylic acids is 1. The van der Waals surface area contributed by atoms with Gasteiger partial charge < -0.3 is 146 Å². The summed E-state index contributed by atoms with van der Waals surface area (Å²) in [6.45, 7) is 15.2. The van der Waals surface area contributed by atoms with Crippen molar-refractivity contribution in [1.29, 1.82) is 0 Å². The molecule has 0 aromatic carbocycles. The summed E-state index contributed by atoms with van der Waals surface area (Å²) >= 11 is 0. The van der Waals surface area contributed by atoms with Gasteiger partial charge in [-0.3, -0.25) is 62.3 Å². The number of carboxylic acid groups (broad SMARTS) is 1. The average Bonchev–Trinajstić information content (AvgIpc) is 0.873. The van der Waals surface area contributed by atoms with Gasteiger partial charge in [-0.1, -0.05) is 6.92 Å². The van der Waals surface area contributed by atoms with E-state index >= 15 is 0 Å². The van der Waals surface area contributed by atoms with Crippen molar-refractivity contribution in [2.24, 2.45) is 5.92 Å². The van der Waals surface area contributed by atoms with Crippen LogP contribution in [0, 0.1) is 5.92 Å². The molecule has 0 rings (SSSR count). The molecule has 0 radical (unpaired) electrons. The van der Waals surface area contributed by atoms with Gasteiger partial charge in [0.1, 0.15) is 72.5 Å². The Morgan fingerprint density at radius 1 is 0.162 bits per heavy atom. The maximum atomic E-state index is 13.8. The summed E-state index contributed by atoms with van der Waals surface area (Å²) in [6, 6.07) is -26.9. The van der Waals surface area contributed by atoms with Gasteiger partial charge in [-0.2, -0.15) is 0 Å². The molecule has 0 aromatic heterocycles. The Morgan fingerprint density at radius 3 is 0.333 bits per heavy atom. The minimum atomic E-state index is -2.19. The molecule has 28 N–H and O–H groups in total. The van der Waals surface area contributed by atoms with E-state index in [2.05, 4.69) is 16.0 Å². The van der Waals surface area contributed by atoms with Crippen LogP contribution in [0.25, 0.3) is 0 Å². The quantitative estimate of drug-likeness (QED) is 0.0270. The Bertz CT molecular complexity index is 2770. The van der Waals surface area contributed by atoms with E-state index in [1.165, 1.54) is 13.8 Å². The maximum Gasteiger partial charge on any atom is 0.328 e. The van der Waals surface area contributed by atoms with Gasteiger partial charge in [0.25, 0.3) is 0 Å². The highest BCUT2D eigenvalue weighted by atomic mass is 16.4. The smallest absolute Gasteiger partial charge is 0.328 e. The van der Waals surface area contributed by atoms with E-state index in [0.29, 0.717) is 0 Å². The second-order valence-electron chi connectivity index (χ2n) is 24.3. The van der Waals surface area contributed by atoms with Gasteiger partial charge in [0.2, 0.25) is 76.8 Å². The lowest BCUT2D eigenvalue weighted by Crippen LogP contribution is -2.66. The summed E-state index contributed by atoms with van der Waals surface area (Å²) in [7, 11) is 0. The summed E-state index contributed by atoms with van der Waals surface area (Å²) < 4.78 is 0. The number of hydrogen-bond donors (Lipinski definition) is 28. The molecule has 0 heterocycles. The van der Waals surface area contributed by atoms with Gasteiger partial charge in [-0.25, -0.2) is 4.79 Å². The van der Waals surface area contributed by atoms with Crippen LogP contribution in [0.3, 0.4) is 0 Å². The molecular formula is C57H101N13O29. The Hall–Kier alpha value is -7.98. The molecule has 0 bridgehead atoms. The molecule has 0 aliphatic heterocycles. The lowest BCUT2D eigenvalue weighted by atomic mass is 10.0. The first-order valence-electron chi connectivity index (χ1n) is 31.1. The molecule has 0 aliphatic rings. The Kier molecular flexibility index (Phi) is 38.2. The van der Waals surface area contributed by atoms with E-state index in [-0.39, 0.29) is 0 Å². The largest absolute Gasteiger partial charge is 0.480 e. The normalized spacial score (nSPS) is 20.1. The molecule has 0 saturated carbocycles. The molecular weight excluding hydrogens is 1330 g/mol. The number of hydrogen-bond acceptors (Lipinski definition) is 28. The lowest BCUT2D eigenvalue weighted by molar-refractivity contribution is -0.146. The first-order valence-corrected chi connectivity index (χ1v) is 31.1. The molecule has 28 unspecified atom stereocenters. The number of carboxylic acids is 1. The van der Waals surface area contributed by atoms with E-state index in [9.17, 15) is 144 Å². The molecule has 42 heteroatoms. The molecule has 0 saturated heterocycles. The zero-order chi connectivity index (χ0) is 77.4. The van der Waals surface area contributed by atoms with Crippen LogP contribution in [-0.2, 0) is 67.1 Å². The van der Waals surface area contributed by atoms with Gasteiger partial charge in [0.05, 0.1) is 91.4 Å². The van der Waals surface area contributed by atoms with Gasteiger partial charge >= 0.3 is 5.97 Å². The Morgan fingerprint density at radius 2 is 0.253 bits per heavy atom. The minimum Gasteiger partial charge on any atom is -0.480 e. The van der Waals surface area contributed by atoms with Gasteiger partial charge in [0, 0.05) is 0 Å². The maximum absolute atomic E-state index is 13.8. The fraction of sp³-hybridized carbons (Fsp3) is 0.754. The van der Waals surface area contributed by atoms with Crippen molar-refractivity contribution in [2.45, 2.75) is 268 Å².